The third-order valence-electron chi connectivity index (χ3n) is 7.04. The molecule has 0 saturated carbocycles. The van der Waals surface area contributed by atoms with E-state index in [1.165, 1.54) is 0 Å². The predicted molar refractivity (Wildman–Crippen MR) is 162 cm³/mol. The molecular formula is C33H28N4O6. The summed E-state index contributed by atoms with van der Waals surface area (Å²) < 4.78 is 11.8. The Kier molecular flexibility index (Phi) is 7.73. The van der Waals surface area contributed by atoms with Crippen LogP contribution in [0.3, 0.4) is 0 Å². The van der Waals surface area contributed by atoms with Gasteiger partial charge in [-0.25, -0.2) is 19.6 Å². The molecule has 10 nitrogen and oxygen atoms in total. The van der Waals surface area contributed by atoms with Gasteiger partial charge in [0.15, 0.2) is 0 Å². The number of hydrogen-bond acceptors (Lipinski definition) is 6. The van der Waals surface area contributed by atoms with E-state index in [2.05, 4.69) is 19.9 Å². The number of carboxylic acids is 2. The van der Waals surface area contributed by atoms with Crippen LogP contribution < -0.4 is 9.47 Å². The number of unbranched alkanes of at least 4 members (excludes halogenated alkanes) is 2. The monoisotopic (exact) mass is 576 g/mol. The summed E-state index contributed by atoms with van der Waals surface area (Å²) in [6.07, 6.45) is 2.76. The summed E-state index contributed by atoms with van der Waals surface area (Å²) in [6, 6.07) is 25.0. The summed E-state index contributed by atoms with van der Waals surface area (Å²) in [4.78, 5) is 37.9. The Hall–Kier alpha value is -5.64. The first-order chi connectivity index (χ1) is 20.9. The summed E-state index contributed by atoms with van der Waals surface area (Å²) in [5, 5.41) is 18.4. The van der Waals surface area contributed by atoms with Gasteiger partial charge in [-0.3, -0.25) is 0 Å². The molecule has 0 aliphatic heterocycles. The molecule has 0 aliphatic carbocycles. The highest BCUT2D eigenvalue weighted by Crippen LogP contribution is 2.25. The van der Waals surface area contributed by atoms with Crippen LogP contribution in [0.2, 0.25) is 0 Å². The highest BCUT2D eigenvalue weighted by Gasteiger charge is 2.11. The average molecular weight is 577 g/mol. The first-order valence-electron chi connectivity index (χ1n) is 13.9. The minimum absolute atomic E-state index is 0.204. The number of aromatic carboxylic acids is 2. The summed E-state index contributed by atoms with van der Waals surface area (Å²) in [5.74, 6) is 0.932. The minimum Gasteiger partial charge on any atom is -0.494 e. The number of aromatic amines is 2. The molecule has 10 heteroatoms. The van der Waals surface area contributed by atoms with Gasteiger partial charge in [-0.15, -0.1) is 0 Å². The van der Waals surface area contributed by atoms with Crippen LogP contribution >= 0.6 is 0 Å². The van der Waals surface area contributed by atoms with Gasteiger partial charge in [0.1, 0.15) is 23.1 Å². The lowest BCUT2D eigenvalue weighted by Gasteiger charge is -2.08. The Labute approximate surface area is 246 Å². The number of ether oxygens (including phenoxy) is 2. The molecule has 4 N–H and O–H groups in total. The smallest absolute Gasteiger partial charge is 0.335 e. The average Bonchev–Trinajstić information content (AvgIpc) is 3.65. The van der Waals surface area contributed by atoms with E-state index in [-0.39, 0.29) is 11.1 Å². The molecule has 6 rings (SSSR count). The van der Waals surface area contributed by atoms with Crippen molar-refractivity contribution in [3.8, 4) is 34.3 Å². The number of rotatable bonds is 12. The summed E-state index contributed by atoms with van der Waals surface area (Å²) in [5.41, 5.74) is 4.96. The Balaban J connectivity index is 0.920. The molecule has 2 aromatic heterocycles. The first-order valence-corrected chi connectivity index (χ1v) is 13.9. The Morgan fingerprint density at radius 3 is 1.40 bits per heavy atom. The number of hydrogen-bond donors (Lipinski definition) is 4. The molecule has 0 saturated heterocycles. The number of imidazole rings is 2. The number of aromatic nitrogens is 4. The molecule has 43 heavy (non-hydrogen) atoms. The number of carboxylic acid groups (broad SMARTS) is 2. The quantitative estimate of drug-likeness (QED) is 0.116. The van der Waals surface area contributed by atoms with Crippen LogP contribution in [0, 0.1) is 0 Å². The fourth-order valence-corrected chi connectivity index (χ4v) is 4.73. The van der Waals surface area contributed by atoms with E-state index in [9.17, 15) is 19.8 Å². The molecule has 0 amide bonds. The van der Waals surface area contributed by atoms with Crippen LogP contribution in [-0.2, 0) is 0 Å². The van der Waals surface area contributed by atoms with Crippen LogP contribution in [0.1, 0.15) is 40.0 Å². The van der Waals surface area contributed by atoms with Gasteiger partial charge < -0.3 is 29.7 Å². The minimum atomic E-state index is -0.979. The largest absolute Gasteiger partial charge is 0.494 e. The number of benzene rings is 4. The zero-order chi connectivity index (χ0) is 29.8. The maximum Gasteiger partial charge on any atom is 0.335 e. The van der Waals surface area contributed by atoms with Gasteiger partial charge in [0.05, 0.1) is 46.4 Å². The zero-order valence-corrected chi connectivity index (χ0v) is 23.0. The second-order valence-corrected chi connectivity index (χ2v) is 10.1. The lowest BCUT2D eigenvalue weighted by Crippen LogP contribution is -2.01. The Bertz CT molecular complexity index is 1770. The van der Waals surface area contributed by atoms with Crippen molar-refractivity contribution in [3.63, 3.8) is 0 Å². The molecule has 0 radical (unpaired) electrons. The maximum absolute atomic E-state index is 11.2. The van der Waals surface area contributed by atoms with Gasteiger partial charge >= 0.3 is 11.9 Å². The van der Waals surface area contributed by atoms with Gasteiger partial charge in [-0.1, -0.05) is 0 Å². The molecule has 6 aromatic rings. The number of H-pyrrole nitrogens is 2. The van der Waals surface area contributed by atoms with Gasteiger partial charge in [-0.05, 0) is 104 Å². The highest BCUT2D eigenvalue weighted by molar-refractivity contribution is 5.93. The molecule has 2 heterocycles. The van der Waals surface area contributed by atoms with Crippen molar-refractivity contribution >= 4 is 34.0 Å². The normalized spacial score (nSPS) is 11.2. The van der Waals surface area contributed by atoms with E-state index >= 15 is 0 Å². The summed E-state index contributed by atoms with van der Waals surface area (Å²) in [6.45, 7) is 1.20. The van der Waals surface area contributed by atoms with Crippen molar-refractivity contribution < 1.29 is 29.3 Å². The van der Waals surface area contributed by atoms with Gasteiger partial charge in [0.25, 0.3) is 0 Å². The van der Waals surface area contributed by atoms with Crippen LogP contribution in [0.4, 0.5) is 0 Å². The molecule has 0 fully saturated rings. The molecule has 216 valence electrons. The van der Waals surface area contributed by atoms with Crippen LogP contribution in [-0.4, -0.2) is 55.3 Å². The molecule has 4 aromatic carbocycles. The van der Waals surface area contributed by atoms with E-state index in [0.29, 0.717) is 35.9 Å². The third kappa shape index (κ3) is 6.33. The van der Waals surface area contributed by atoms with Crippen LogP contribution in [0.15, 0.2) is 84.9 Å². The van der Waals surface area contributed by atoms with Gasteiger partial charge in [0.2, 0.25) is 0 Å². The number of nitrogens with zero attached hydrogens (tertiary/aromatic N) is 2. The van der Waals surface area contributed by atoms with E-state index in [4.69, 9.17) is 9.47 Å². The van der Waals surface area contributed by atoms with Crippen molar-refractivity contribution in [1.29, 1.82) is 0 Å². The molecule has 0 atom stereocenters. The van der Waals surface area contributed by atoms with Crippen molar-refractivity contribution in [1.82, 2.24) is 19.9 Å². The zero-order valence-electron chi connectivity index (χ0n) is 23.0. The van der Waals surface area contributed by atoms with Crippen molar-refractivity contribution in [2.45, 2.75) is 19.3 Å². The van der Waals surface area contributed by atoms with E-state index in [1.807, 2.05) is 48.5 Å². The van der Waals surface area contributed by atoms with Crippen molar-refractivity contribution in [3.05, 3.63) is 96.1 Å². The second-order valence-electron chi connectivity index (χ2n) is 10.1. The number of carbonyl (C=O) groups is 2. The summed E-state index contributed by atoms with van der Waals surface area (Å²) in [7, 11) is 0. The molecule has 0 bridgehead atoms. The maximum atomic E-state index is 11.2. The van der Waals surface area contributed by atoms with Crippen LogP contribution in [0.25, 0.3) is 44.8 Å². The third-order valence-corrected chi connectivity index (χ3v) is 7.04. The first kappa shape index (κ1) is 27.5. The highest BCUT2D eigenvalue weighted by atomic mass is 16.5. The number of nitrogens with one attached hydrogen (secondary N) is 2. The fraction of sp³-hybridized carbons (Fsp3) is 0.152. The van der Waals surface area contributed by atoms with Crippen LogP contribution in [0.5, 0.6) is 11.5 Å². The topological polar surface area (TPSA) is 150 Å². The van der Waals surface area contributed by atoms with Crippen molar-refractivity contribution in [2.75, 3.05) is 13.2 Å². The van der Waals surface area contributed by atoms with Crippen molar-refractivity contribution in [2.24, 2.45) is 0 Å². The fourth-order valence-electron chi connectivity index (χ4n) is 4.73. The van der Waals surface area contributed by atoms with E-state index < -0.39 is 11.9 Å². The van der Waals surface area contributed by atoms with Gasteiger partial charge in [0, 0.05) is 11.1 Å². The van der Waals surface area contributed by atoms with E-state index in [1.54, 1.807) is 36.4 Å². The molecule has 0 unspecified atom stereocenters. The van der Waals surface area contributed by atoms with Gasteiger partial charge in [-0.2, -0.15) is 0 Å². The molecular weight excluding hydrogens is 548 g/mol. The lowest BCUT2D eigenvalue weighted by molar-refractivity contribution is 0.0686. The Morgan fingerprint density at radius 1 is 0.581 bits per heavy atom. The number of fused-ring (bicyclic) bond motifs is 2. The second kappa shape index (κ2) is 12.1. The lowest BCUT2D eigenvalue weighted by atomic mass is 10.2. The molecule has 0 aliphatic rings. The summed E-state index contributed by atoms with van der Waals surface area (Å²) >= 11 is 0. The predicted octanol–water partition coefficient (Wildman–Crippen LogP) is 6.80. The standard InChI is InChI=1S/C33H28N4O6/c38-32(39)22-8-14-26-28(18-22)36-30(34-26)20-4-10-24(11-5-20)42-16-2-1-3-17-43-25-12-6-21(7-13-25)31-35-27-15-9-23(33(40)41)19-29(27)37-31/h4-15,18-19H,1-3,16-17H2,(H,34,36)(H,35,37)(H,38,39)(H,40,41). The SMILES string of the molecule is O=C(O)c1ccc2[nH]c(-c3ccc(OCCCCCOc4ccc(-c5nc6cc(C(=O)O)ccc6[nH]5)cc4)cc3)nc2c1. The Morgan fingerprint density at radius 2 is 1.00 bits per heavy atom. The van der Waals surface area contributed by atoms with E-state index in [0.717, 1.165) is 52.9 Å². The molecule has 0 spiro atoms.